The lowest BCUT2D eigenvalue weighted by molar-refractivity contribution is 0.0964. The maximum absolute atomic E-state index is 13.6. The number of anilines is 1. The highest BCUT2D eigenvalue weighted by Crippen LogP contribution is 2.48. The SMILES string of the molecule is CNC(=O)c1c(-c2ccc(F)cc2)oc2cc(N(Cc3ccc(C4COB(O)C4)c(Cl)c3)S(=O)[O-])c(C3CC3)cc12. The predicted octanol–water partition coefficient (Wildman–Crippen LogP) is 5.52. The largest absolute Gasteiger partial charge is 0.755 e. The van der Waals surface area contributed by atoms with Crippen molar-refractivity contribution in [2.75, 3.05) is 18.0 Å². The first kappa shape index (κ1) is 27.9. The molecule has 212 valence electrons. The Kier molecular flexibility index (Phi) is 7.65. The average molecular weight is 596 g/mol. The van der Waals surface area contributed by atoms with Crippen LogP contribution in [-0.2, 0) is 22.5 Å². The molecule has 0 spiro atoms. The number of hydrogen-bond donors (Lipinski definition) is 2. The Balaban J connectivity index is 1.42. The van der Waals surface area contributed by atoms with E-state index < -0.39 is 24.2 Å². The number of amides is 1. The molecule has 8 nitrogen and oxygen atoms in total. The van der Waals surface area contributed by atoms with Crippen LogP contribution in [0.4, 0.5) is 10.1 Å². The van der Waals surface area contributed by atoms with Crippen molar-refractivity contribution in [2.45, 2.75) is 37.5 Å². The van der Waals surface area contributed by atoms with E-state index >= 15 is 0 Å². The van der Waals surface area contributed by atoms with Gasteiger partial charge in [0.2, 0.25) is 0 Å². The van der Waals surface area contributed by atoms with Gasteiger partial charge < -0.3 is 24.0 Å². The Labute approximate surface area is 244 Å². The minimum absolute atomic E-state index is 0.0267. The number of carbonyl (C=O) groups is 1. The Morgan fingerprint density at radius 1 is 1.17 bits per heavy atom. The van der Waals surface area contributed by atoms with Gasteiger partial charge in [-0.2, -0.15) is 0 Å². The van der Waals surface area contributed by atoms with Gasteiger partial charge in [0.1, 0.15) is 17.2 Å². The van der Waals surface area contributed by atoms with Crippen LogP contribution in [0.5, 0.6) is 0 Å². The Bertz CT molecular complexity index is 1660. The Hall–Kier alpha value is -3.22. The van der Waals surface area contributed by atoms with E-state index in [1.807, 2.05) is 18.2 Å². The molecule has 1 saturated heterocycles. The number of fused-ring (bicyclic) bond motifs is 1. The molecule has 1 aliphatic heterocycles. The van der Waals surface area contributed by atoms with Crippen molar-refractivity contribution in [3.8, 4) is 11.3 Å². The van der Waals surface area contributed by atoms with E-state index in [1.54, 1.807) is 12.1 Å². The molecule has 1 aliphatic carbocycles. The van der Waals surface area contributed by atoms with Gasteiger partial charge in [-0.1, -0.05) is 23.7 Å². The van der Waals surface area contributed by atoms with Gasteiger partial charge in [-0.3, -0.25) is 13.3 Å². The second kappa shape index (κ2) is 11.2. The molecule has 12 heteroatoms. The Morgan fingerprint density at radius 3 is 2.54 bits per heavy atom. The fraction of sp³-hybridized carbons (Fsp3) is 0.276. The number of furan rings is 1. The summed E-state index contributed by atoms with van der Waals surface area (Å²) in [6, 6.07) is 14.5. The number of rotatable bonds is 8. The summed E-state index contributed by atoms with van der Waals surface area (Å²) in [5.74, 6) is -0.403. The van der Waals surface area contributed by atoms with Gasteiger partial charge in [-0.25, -0.2) is 4.39 Å². The number of nitrogens with one attached hydrogen (secondary N) is 1. The molecular weight excluding hydrogens is 570 g/mol. The van der Waals surface area contributed by atoms with E-state index in [2.05, 4.69) is 5.32 Å². The van der Waals surface area contributed by atoms with Crippen LogP contribution in [0, 0.1) is 5.82 Å². The van der Waals surface area contributed by atoms with E-state index in [0.29, 0.717) is 51.3 Å². The highest BCUT2D eigenvalue weighted by atomic mass is 35.5. The second-order valence-corrected chi connectivity index (χ2v) is 11.7. The molecule has 2 heterocycles. The van der Waals surface area contributed by atoms with Crippen molar-refractivity contribution < 1.29 is 32.0 Å². The van der Waals surface area contributed by atoms with E-state index in [0.717, 1.165) is 24.0 Å². The molecule has 0 bridgehead atoms. The summed E-state index contributed by atoms with van der Waals surface area (Å²) in [7, 11) is 0.700. The van der Waals surface area contributed by atoms with Gasteiger partial charge in [-0.05, 0) is 78.2 Å². The van der Waals surface area contributed by atoms with Crippen molar-refractivity contribution >= 4 is 52.5 Å². The van der Waals surface area contributed by atoms with Crippen LogP contribution in [0.15, 0.2) is 59.0 Å². The molecule has 4 aromatic rings. The summed E-state index contributed by atoms with van der Waals surface area (Å²) < 4.78 is 51.6. The van der Waals surface area contributed by atoms with Gasteiger partial charge in [0.05, 0.1) is 17.8 Å². The number of halogens is 2. The second-order valence-electron chi connectivity index (χ2n) is 10.4. The molecule has 1 aromatic heterocycles. The Morgan fingerprint density at radius 2 is 1.93 bits per heavy atom. The highest BCUT2D eigenvalue weighted by molar-refractivity contribution is 7.80. The molecule has 41 heavy (non-hydrogen) atoms. The molecule has 0 radical (unpaired) electrons. The topological polar surface area (TPSA) is 115 Å². The van der Waals surface area contributed by atoms with Gasteiger partial charge in [0.25, 0.3) is 5.91 Å². The highest BCUT2D eigenvalue weighted by Gasteiger charge is 2.33. The maximum atomic E-state index is 13.6. The fourth-order valence-electron chi connectivity index (χ4n) is 5.45. The van der Waals surface area contributed by atoms with Gasteiger partial charge in [0.15, 0.2) is 0 Å². The van der Waals surface area contributed by atoms with Crippen LogP contribution in [0.25, 0.3) is 22.3 Å². The average Bonchev–Trinajstić information content (AvgIpc) is 3.61. The molecule has 2 N–H and O–H groups in total. The summed E-state index contributed by atoms with van der Waals surface area (Å²) >= 11 is 3.94. The van der Waals surface area contributed by atoms with Crippen molar-refractivity contribution in [2.24, 2.45) is 0 Å². The molecule has 6 rings (SSSR count). The molecular formula is C29H26BClFN2O6S-. The lowest BCUT2D eigenvalue weighted by Crippen LogP contribution is -2.26. The number of nitrogens with zero attached hydrogens (tertiary/aromatic N) is 1. The number of benzene rings is 3. The lowest BCUT2D eigenvalue weighted by Gasteiger charge is -2.29. The van der Waals surface area contributed by atoms with Crippen LogP contribution in [0.2, 0.25) is 11.3 Å². The smallest absolute Gasteiger partial charge is 0.454 e. The van der Waals surface area contributed by atoms with Crippen molar-refractivity contribution in [1.82, 2.24) is 5.32 Å². The first-order valence-electron chi connectivity index (χ1n) is 13.3. The molecule has 2 atom stereocenters. The summed E-state index contributed by atoms with van der Waals surface area (Å²) in [5, 5.41) is 13.4. The third-order valence-electron chi connectivity index (χ3n) is 7.67. The fourth-order valence-corrected chi connectivity index (χ4v) is 6.38. The summed E-state index contributed by atoms with van der Waals surface area (Å²) in [5.41, 5.74) is 3.96. The molecule has 2 unspecified atom stereocenters. The van der Waals surface area contributed by atoms with Gasteiger partial charge in [-0.15, -0.1) is 0 Å². The van der Waals surface area contributed by atoms with Crippen LogP contribution in [0.1, 0.15) is 51.7 Å². The third-order valence-corrected chi connectivity index (χ3v) is 8.68. The third kappa shape index (κ3) is 5.52. The van der Waals surface area contributed by atoms with Gasteiger partial charge in [0, 0.05) is 52.9 Å². The molecule has 1 amide bonds. The zero-order valence-electron chi connectivity index (χ0n) is 22.1. The van der Waals surface area contributed by atoms with Crippen LogP contribution in [-0.4, -0.2) is 40.5 Å². The lowest BCUT2D eigenvalue weighted by atomic mass is 9.79. The normalized spacial score (nSPS) is 17.7. The van der Waals surface area contributed by atoms with Crippen molar-refractivity contribution in [3.05, 3.63) is 87.7 Å². The van der Waals surface area contributed by atoms with Crippen LogP contribution in [0.3, 0.4) is 0 Å². The molecule has 2 fully saturated rings. The number of hydrogen-bond acceptors (Lipinski definition) is 6. The van der Waals surface area contributed by atoms with Crippen molar-refractivity contribution in [1.29, 1.82) is 0 Å². The van der Waals surface area contributed by atoms with Gasteiger partial charge >= 0.3 is 7.12 Å². The zero-order chi connectivity index (χ0) is 28.8. The summed E-state index contributed by atoms with van der Waals surface area (Å²) in [4.78, 5) is 13.0. The number of carbonyl (C=O) groups excluding carboxylic acids is 1. The standard InChI is InChI=1S/C29H27BClFN2O6S/c1-33-29(35)27-23-11-22(17-3-4-17)25(12-26(23)40-28(27)18-5-7-20(32)8-6-18)34(41(37)38)14-16-2-9-21(24(31)10-16)19-13-30(36)39-15-19/h2,5-12,17,19,36H,3-4,13-15H2,1H3,(H,33,35)(H,37,38)/p-1. The van der Waals surface area contributed by atoms with E-state index in [1.165, 1.54) is 35.6 Å². The van der Waals surface area contributed by atoms with Crippen LogP contribution >= 0.6 is 11.6 Å². The molecule has 2 aliphatic rings. The minimum atomic E-state index is -2.64. The molecule has 3 aromatic carbocycles. The first-order chi connectivity index (χ1) is 19.7. The van der Waals surface area contributed by atoms with E-state index in [4.69, 9.17) is 20.7 Å². The maximum Gasteiger partial charge on any atom is 0.454 e. The predicted molar refractivity (Wildman–Crippen MR) is 155 cm³/mol. The van der Waals surface area contributed by atoms with E-state index in [-0.39, 0.29) is 30.0 Å². The monoisotopic (exact) mass is 595 g/mol. The summed E-state index contributed by atoms with van der Waals surface area (Å²) in [6.07, 6.45) is 2.24. The summed E-state index contributed by atoms with van der Waals surface area (Å²) in [6.45, 7) is 0.391. The minimum Gasteiger partial charge on any atom is -0.755 e. The van der Waals surface area contributed by atoms with Crippen molar-refractivity contribution in [3.63, 3.8) is 0 Å². The molecule has 1 saturated carbocycles. The first-order valence-corrected chi connectivity index (χ1v) is 14.7. The zero-order valence-corrected chi connectivity index (χ0v) is 23.6. The van der Waals surface area contributed by atoms with E-state index in [9.17, 15) is 23.0 Å². The van der Waals surface area contributed by atoms with Crippen LogP contribution < -0.4 is 9.62 Å². The quantitative estimate of drug-likeness (QED) is 0.205.